The fourth-order valence-electron chi connectivity index (χ4n) is 1.92. The Labute approximate surface area is 142 Å². The molecule has 1 aromatic heterocycles. The van der Waals surface area contributed by atoms with E-state index in [4.69, 9.17) is 21.1 Å². The van der Waals surface area contributed by atoms with E-state index >= 15 is 0 Å². The minimum Gasteiger partial charge on any atom is -0.475 e. The molecule has 0 aliphatic heterocycles. The predicted molar refractivity (Wildman–Crippen MR) is 88.3 cm³/mol. The number of alkyl halides is 2. The van der Waals surface area contributed by atoms with Crippen molar-refractivity contribution in [2.45, 2.75) is 17.7 Å². The number of fused-ring (bicyclic) bond motifs is 1. The number of carboxylic acids is 1. The first kappa shape index (κ1) is 16.5. The number of hydrogen-bond donors (Lipinski definition) is 1. The molecule has 0 spiro atoms. The Kier molecular flexibility index (Phi) is 4.80. The number of halogens is 3. The lowest BCUT2D eigenvalue weighted by molar-refractivity contribution is 0.0664. The van der Waals surface area contributed by atoms with Gasteiger partial charge in [-0.1, -0.05) is 50.4 Å². The second-order valence-electron chi connectivity index (χ2n) is 4.54. The van der Waals surface area contributed by atoms with Crippen LogP contribution < -0.4 is 0 Å². The molecule has 0 bridgehead atoms. The third kappa shape index (κ3) is 2.89. The third-order valence-electron chi connectivity index (χ3n) is 3.27. The van der Waals surface area contributed by atoms with E-state index in [1.165, 1.54) is 6.07 Å². The Bertz CT molecular complexity index is 719. The zero-order valence-electron chi connectivity index (χ0n) is 11.0. The molecule has 1 atom stereocenters. The number of rotatable bonds is 5. The molecule has 4 nitrogen and oxygen atoms in total. The molecular weight excluding hydrogens is 427 g/mol. The van der Waals surface area contributed by atoms with Gasteiger partial charge in [0.2, 0.25) is 5.76 Å². The summed E-state index contributed by atoms with van der Waals surface area (Å²) in [6, 6.07) is 4.43. The Morgan fingerprint density at radius 1 is 1.43 bits per heavy atom. The van der Waals surface area contributed by atoms with Crippen molar-refractivity contribution in [2.24, 2.45) is 0 Å². The molecular formula is C14H11Br2ClO4. The first-order valence-electron chi connectivity index (χ1n) is 6.09. The number of carboxylic acid groups (broad SMARTS) is 1. The molecule has 1 aromatic carbocycles. The maximum absolute atomic E-state index is 12.6. The molecule has 2 rings (SSSR count). The number of carbonyl (C=O) groups excluding carboxylic acids is 1. The average molecular weight is 438 g/mol. The van der Waals surface area contributed by atoms with Crippen molar-refractivity contribution >= 4 is 66.2 Å². The number of aromatic carboxylic acids is 1. The van der Waals surface area contributed by atoms with Gasteiger partial charge in [0, 0.05) is 22.3 Å². The standard InChI is InChI=1S/C14H11Br2ClO4/c1-2-14(16,6-15)12(18)7-3-4-9-8(11(7)17)5-10(21-9)13(19)20/h3-5H,2,6H2,1H3,(H,19,20). The lowest BCUT2D eigenvalue weighted by atomic mass is 9.96. The topological polar surface area (TPSA) is 67.5 Å². The Balaban J connectivity index is 2.58. The second kappa shape index (κ2) is 6.10. The molecule has 0 aliphatic carbocycles. The first-order valence-corrected chi connectivity index (χ1v) is 8.38. The highest BCUT2D eigenvalue weighted by molar-refractivity contribution is 9.12. The van der Waals surface area contributed by atoms with Crippen LogP contribution in [-0.4, -0.2) is 26.5 Å². The summed E-state index contributed by atoms with van der Waals surface area (Å²) in [5.41, 5.74) is 0.671. The summed E-state index contributed by atoms with van der Waals surface area (Å²) in [5.74, 6) is -1.55. The van der Waals surface area contributed by atoms with Crippen LogP contribution in [0.4, 0.5) is 0 Å². The summed E-state index contributed by atoms with van der Waals surface area (Å²) in [6.45, 7) is 1.89. The maximum atomic E-state index is 12.6. The number of Topliss-reactive ketones (excluding diaryl/α,β-unsaturated/α-hetero) is 1. The van der Waals surface area contributed by atoms with E-state index in [1.807, 2.05) is 6.92 Å². The summed E-state index contributed by atoms with van der Waals surface area (Å²) in [5, 5.41) is 10.0. The van der Waals surface area contributed by atoms with Gasteiger partial charge in [0.15, 0.2) is 5.78 Å². The molecule has 1 unspecified atom stereocenters. The fourth-order valence-corrected chi connectivity index (χ4v) is 3.08. The van der Waals surface area contributed by atoms with Crippen molar-refractivity contribution in [3.63, 3.8) is 0 Å². The van der Waals surface area contributed by atoms with Crippen LogP contribution in [0.5, 0.6) is 0 Å². The zero-order valence-corrected chi connectivity index (χ0v) is 14.9. The number of ketones is 1. The summed E-state index contributed by atoms with van der Waals surface area (Å²) < 4.78 is 4.42. The fraction of sp³-hybridized carbons (Fsp3) is 0.286. The van der Waals surface area contributed by atoms with Crippen molar-refractivity contribution in [3.05, 3.63) is 34.5 Å². The summed E-state index contributed by atoms with van der Waals surface area (Å²) in [7, 11) is 0. The van der Waals surface area contributed by atoms with Crippen LogP contribution in [0.2, 0.25) is 5.02 Å². The van der Waals surface area contributed by atoms with Crippen LogP contribution >= 0.6 is 43.5 Å². The number of benzene rings is 1. The van der Waals surface area contributed by atoms with Gasteiger partial charge < -0.3 is 9.52 Å². The van der Waals surface area contributed by atoms with Crippen molar-refractivity contribution in [1.82, 2.24) is 0 Å². The molecule has 0 saturated heterocycles. The Morgan fingerprint density at radius 2 is 2.10 bits per heavy atom. The van der Waals surface area contributed by atoms with Crippen molar-refractivity contribution in [3.8, 4) is 0 Å². The minimum atomic E-state index is -1.18. The van der Waals surface area contributed by atoms with Gasteiger partial charge in [-0.15, -0.1) is 0 Å². The van der Waals surface area contributed by atoms with E-state index in [0.29, 0.717) is 28.3 Å². The van der Waals surface area contributed by atoms with Gasteiger partial charge in [-0.2, -0.15) is 0 Å². The monoisotopic (exact) mass is 436 g/mol. The van der Waals surface area contributed by atoms with Crippen LogP contribution in [-0.2, 0) is 0 Å². The van der Waals surface area contributed by atoms with Crippen LogP contribution in [0.1, 0.15) is 34.3 Å². The molecule has 0 aliphatic rings. The minimum absolute atomic E-state index is 0.160. The maximum Gasteiger partial charge on any atom is 0.371 e. The molecule has 0 radical (unpaired) electrons. The number of furan rings is 1. The molecule has 1 heterocycles. The smallest absolute Gasteiger partial charge is 0.371 e. The van der Waals surface area contributed by atoms with Gasteiger partial charge in [0.25, 0.3) is 0 Å². The highest BCUT2D eigenvalue weighted by Gasteiger charge is 2.35. The van der Waals surface area contributed by atoms with Gasteiger partial charge >= 0.3 is 5.97 Å². The second-order valence-corrected chi connectivity index (χ2v) is 6.99. The highest BCUT2D eigenvalue weighted by atomic mass is 79.9. The largest absolute Gasteiger partial charge is 0.475 e. The molecule has 2 aromatic rings. The SMILES string of the molecule is CCC(Br)(CBr)C(=O)c1ccc2oc(C(=O)O)cc2c1Cl. The Morgan fingerprint density at radius 3 is 2.62 bits per heavy atom. The lowest BCUT2D eigenvalue weighted by Crippen LogP contribution is -2.33. The number of carbonyl (C=O) groups is 2. The van der Waals surface area contributed by atoms with E-state index in [-0.39, 0.29) is 16.6 Å². The van der Waals surface area contributed by atoms with Gasteiger partial charge in [0.05, 0.1) is 9.35 Å². The van der Waals surface area contributed by atoms with Crippen LogP contribution in [0.15, 0.2) is 22.6 Å². The van der Waals surface area contributed by atoms with E-state index in [0.717, 1.165) is 0 Å². The molecule has 7 heteroatoms. The van der Waals surface area contributed by atoms with Crippen molar-refractivity contribution < 1.29 is 19.1 Å². The average Bonchev–Trinajstić information content (AvgIpc) is 2.91. The normalized spacial score (nSPS) is 14.1. The molecule has 1 N–H and O–H groups in total. The predicted octanol–water partition coefficient (Wildman–Crippen LogP) is 4.91. The zero-order chi connectivity index (χ0) is 15.8. The third-order valence-corrected chi connectivity index (χ3v) is 6.59. The van der Waals surface area contributed by atoms with E-state index in [9.17, 15) is 9.59 Å². The summed E-state index contributed by atoms with van der Waals surface area (Å²) in [4.78, 5) is 23.6. The lowest BCUT2D eigenvalue weighted by Gasteiger charge is -2.22. The summed E-state index contributed by atoms with van der Waals surface area (Å²) >= 11 is 13.0. The molecule has 0 fully saturated rings. The molecule has 112 valence electrons. The van der Waals surface area contributed by atoms with Gasteiger partial charge in [-0.05, 0) is 18.6 Å². The van der Waals surface area contributed by atoms with Gasteiger partial charge in [-0.3, -0.25) is 4.79 Å². The van der Waals surface area contributed by atoms with Gasteiger partial charge in [0.1, 0.15) is 5.58 Å². The van der Waals surface area contributed by atoms with Gasteiger partial charge in [-0.25, -0.2) is 4.79 Å². The number of hydrogen-bond acceptors (Lipinski definition) is 3. The van der Waals surface area contributed by atoms with E-state index in [1.54, 1.807) is 12.1 Å². The first-order chi connectivity index (χ1) is 9.84. The molecule has 0 amide bonds. The van der Waals surface area contributed by atoms with Crippen LogP contribution in [0, 0.1) is 0 Å². The molecule has 21 heavy (non-hydrogen) atoms. The van der Waals surface area contributed by atoms with E-state index in [2.05, 4.69) is 31.9 Å². The van der Waals surface area contributed by atoms with Crippen molar-refractivity contribution in [1.29, 1.82) is 0 Å². The Hall–Kier alpha value is -0.850. The van der Waals surface area contributed by atoms with E-state index < -0.39 is 10.3 Å². The quantitative estimate of drug-likeness (QED) is 0.532. The highest BCUT2D eigenvalue weighted by Crippen LogP contribution is 2.36. The summed E-state index contributed by atoms with van der Waals surface area (Å²) in [6.07, 6.45) is 0.581. The van der Waals surface area contributed by atoms with Crippen LogP contribution in [0.25, 0.3) is 11.0 Å². The van der Waals surface area contributed by atoms with Crippen LogP contribution in [0.3, 0.4) is 0 Å². The molecule has 0 saturated carbocycles. The van der Waals surface area contributed by atoms with Crippen molar-refractivity contribution in [2.75, 3.05) is 5.33 Å².